The van der Waals surface area contributed by atoms with Crippen LogP contribution in [0.2, 0.25) is 0 Å². The van der Waals surface area contributed by atoms with E-state index in [2.05, 4.69) is 4.98 Å². The first-order chi connectivity index (χ1) is 13.5. The third kappa shape index (κ3) is 4.44. The molecular weight excluding hydrogens is 360 g/mol. The molecule has 0 spiro atoms. The summed E-state index contributed by atoms with van der Waals surface area (Å²) in [6.07, 6.45) is 0.206. The molecule has 1 heterocycles. The Morgan fingerprint density at radius 1 is 1.14 bits per heavy atom. The van der Waals surface area contributed by atoms with Gasteiger partial charge < -0.3 is 20.3 Å². The average molecular weight is 380 g/mol. The molecule has 0 aliphatic rings. The summed E-state index contributed by atoms with van der Waals surface area (Å²) >= 11 is 0. The topological polar surface area (TPSA) is 112 Å². The number of hydrogen-bond donors (Lipinski definition) is 2. The van der Waals surface area contributed by atoms with E-state index in [1.807, 2.05) is 24.3 Å². The first-order valence-corrected chi connectivity index (χ1v) is 8.80. The number of carboxylic acid groups (broad SMARTS) is 1. The minimum atomic E-state index is -1.06. The molecule has 0 fully saturated rings. The van der Waals surface area contributed by atoms with E-state index in [0.717, 1.165) is 10.9 Å². The van der Waals surface area contributed by atoms with Crippen molar-refractivity contribution in [2.75, 3.05) is 6.61 Å². The summed E-state index contributed by atoms with van der Waals surface area (Å²) in [5, 5.41) is 9.71. The van der Waals surface area contributed by atoms with Gasteiger partial charge in [0.15, 0.2) is 0 Å². The van der Waals surface area contributed by atoms with E-state index in [1.165, 1.54) is 0 Å². The first-order valence-electron chi connectivity index (χ1n) is 8.80. The third-order valence-electron chi connectivity index (χ3n) is 4.10. The maximum absolute atomic E-state index is 12.3. The van der Waals surface area contributed by atoms with Gasteiger partial charge in [-0.25, -0.2) is 9.78 Å². The van der Waals surface area contributed by atoms with Crippen LogP contribution in [0, 0.1) is 0 Å². The maximum atomic E-state index is 12.3. The highest BCUT2D eigenvalue weighted by molar-refractivity contribution is 5.96. The number of carbonyl (C=O) groups is 2. The van der Waals surface area contributed by atoms with E-state index in [-0.39, 0.29) is 24.5 Å². The van der Waals surface area contributed by atoms with Crippen molar-refractivity contribution in [1.82, 2.24) is 4.98 Å². The van der Waals surface area contributed by atoms with Gasteiger partial charge in [0.05, 0.1) is 12.1 Å². The van der Waals surface area contributed by atoms with E-state index >= 15 is 0 Å². The Morgan fingerprint density at radius 2 is 1.86 bits per heavy atom. The number of carbonyl (C=O) groups excluding carboxylic acids is 1. The molecule has 0 saturated carbocycles. The Morgan fingerprint density at radius 3 is 2.54 bits per heavy atom. The second kappa shape index (κ2) is 8.49. The number of pyridine rings is 1. The van der Waals surface area contributed by atoms with Gasteiger partial charge in [0.2, 0.25) is 5.88 Å². The number of fused-ring (bicyclic) bond motifs is 1. The molecule has 0 radical (unpaired) electrons. The lowest BCUT2D eigenvalue weighted by atomic mass is 10.1. The molecule has 7 heteroatoms. The van der Waals surface area contributed by atoms with Crippen molar-refractivity contribution in [2.24, 2.45) is 5.73 Å². The van der Waals surface area contributed by atoms with Gasteiger partial charge in [-0.2, -0.15) is 0 Å². The average Bonchev–Trinajstić information content (AvgIpc) is 2.69. The molecule has 0 aliphatic heterocycles. The number of aliphatic carboxylic acids is 1. The van der Waals surface area contributed by atoms with Gasteiger partial charge in [0.25, 0.3) is 0 Å². The number of hydrogen-bond acceptors (Lipinski definition) is 6. The van der Waals surface area contributed by atoms with Crippen LogP contribution >= 0.6 is 0 Å². The molecule has 28 heavy (non-hydrogen) atoms. The minimum absolute atomic E-state index is 0.145. The molecule has 0 aliphatic carbocycles. The van der Waals surface area contributed by atoms with Crippen molar-refractivity contribution in [3.8, 4) is 11.6 Å². The van der Waals surface area contributed by atoms with Crippen LogP contribution < -0.4 is 10.5 Å². The highest BCUT2D eigenvalue weighted by Gasteiger charge is 2.18. The molecule has 1 unspecified atom stereocenters. The van der Waals surface area contributed by atoms with Gasteiger partial charge in [-0.1, -0.05) is 30.3 Å². The third-order valence-corrected chi connectivity index (χ3v) is 4.10. The number of aromatic nitrogens is 1. The summed E-state index contributed by atoms with van der Waals surface area (Å²) < 4.78 is 10.9. The van der Waals surface area contributed by atoms with Crippen LogP contribution in [0.15, 0.2) is 54.6 Å². The van der Waals surface area contributed by atoms with Crippen LogP contribution in [0.25, 0.3) is 10.9 Å². The second-order valence-corrected chi connectivity index (χ2v) is 6.15. The first kappa shape index (κ1) is 19.3. The number of benzene rings is 2. The lowest BCUT2D eigenvalue weighted by Crippen LogP contribution is -2.32. The van der Waals surface area contributed by atoms with Gasteiger partial charge in [-0.3, -0.25) is 4.79 Å². The van der Waals surface area contributed by atoms with Gasteiger partial charge >= 0.3 is 11.9 Å². The van der Waals surface area contributed by atoms with Crippen molar-refractivity contribution >= 4 is 22.8 Å². The summed E-state index contributed by atoms with van der Waals surface area (Å²) in [5.74, 6) is -0.965. The monoisotopic (exact) mass is 380 g/mol. The zero-order valence-electron chi connectivity index (χ0n) is 15.3. The lowest BCUT2D eigenvalue weighted by molar-refractivity contribution is -0.138. The minimum Gasteiger partial charge on any atom is -0.480 e. The van der Waals surface area contributed by atoms with E-state index in [0.29, 0.717) is 11.3 Å². The number of nitrogens with zero attached hydrogens (tertiary/aromatic N) is 1. The predicted octanol–water partition coefficient (Wildman–Crippen LogP) is 3.16. The van der Waals surface area contributed by atoms with Crippen molar-refractivity contribution in [3.63, 3.8) is 0 Å². The normalized spacial score (nSPS) is 11.8. The van der Waals surface area contributed by atoms with E-state index in [9.17, 15) is 9.59 Å². The molecule has 3 N–H and O–H groups in total. The van der Waals surface area contributed by atoms with Crippen LogP contribution in [0.5, 0.6) is 11.6 Å². The molecular formula is C21H20N2O5. The molecule has 3 aromatic rings. The van der Waals surface area contributed by atoms with Crippen LogP contribution in [-0.2, 0) is 16.0 Å². The zero-order chi connectivity index (χ0) is 20.1. The van der Waals surface area contributed by atoms with Crippen molar-refractivity contribution in [2.45, 2.75) is 19.4 Å². The van der Waals surface area contributed by atoms with Gasteiger partial charge in [-0.15, -0.1) is 0 Å². The van der Waals surface area contributed by atoms with Crippen LogP contribution in [0.3, 0.4) is 0 Å². The van der Waals surface area contributed by atoms with Crippen molar-refractivity contribution < 1.29 is 24.2 Å². The number of rotatable bonds is 7. The van der Waals surface area contributed by atoms with Gasteiger partial charge in [0.1, 0.15) is 17.4 Å². The number of carboxylic acids is 1. The molecule has 144 valence electrons. The molecule has 2 aromatic carbocycles. The fourth-order valence-electron chi connectivity index (χ4n) is 2.68. The fourth-order valence-corrected chi connectivity index (χ4v) is 2.68. The fraction of sp³-hybridized carbons (Fsp3) is 0.190. The van der Waals surface area contributed by atoms with E-state index in [1.54, 1.807) is 37.3 Å². The van der Waals surface area contributed by atoms with E-state index < -0.39 is 18.0 Å². The van der Waals surface area contributed by atoms with Crippen LogP contribution in [-0.4, -0.2) is 34.7 Å². The summed E-state index contributed by atoms with van der Waals surface area (Å²) in [7, 11) is 0. The van der Waals surface area contributed by atoms with Crippen LogP contribution in [0.1, 0.15) is 22.8 Å². The zero-order valence-corrected chi connectivity index (χ0v) is 15.3. The Kier molecular flexibility index (Phi) is 5.86. The van der Waals surface area contributed by atoms with Crippen LogP contribution in [0.4, 0.5) is 0 Å². The molecule has 1 aromatic heterocycles. The number of esters is 1. The predicted molar refractivity (Wildman–Crippen MR) is 104 cm³/mol. The maximum Gasteiger partial charge on any atom is 0.343 e. The molecule has 0 saturated heterocycles. The van der Waals surface area contributed by atoms with E-state index in [4.69, 9.17) is 20.3 Å². The number of ether oxygens (including phenoxy) is 2. The second-order valence-electron chi connectivity index (χ2n) is 6.15. The summed E-state index contributed by atoms with van der Waals surface area (Å²) in [6, 6.07) is 14.9. The van der Waals surface area contributed by atoms with Crippen molar-refractivity contribution in [1.29, 1.82) is 0 Å². The Bertz CT molecular complexity index is 1000. The molecule has 1 atom stereocenters. The molecule has 7 nitrogen and oxygen atoms in total. The highest BCUT2D eigenvalue weighted by atomic mass is 16.5. The van der Waals surface area contributed by atoms with Gasteiger partial charge in [-0.05, 0) is 43.2 Å². The Balaban J connectivity index is 1.89. The molecule has 0 amide bonds. The lowest BCUT2D eigenvalue weighted by Gasteiger charge is -2.12. The SMILES string of the molecule is CCOC(=O)c1cc2ccccc2nc1Oc1ccc(CC(N)C(=O)O)cc1. The largest absolute Gasteiger partial charge is 0.480 e. The summed E-state index contributed by atoms with van der Waals surface area (Å²) in [4.78, 5) is 27.6. The number of nitrogens with two attached hydrogens (primary N) is 1. The summed E-state index contributed by atoms with van der Waals surface area (Å²) in [5.41, 5.74) is 7.24. The Labute approximate surface area is 161 Å². The van der Waals surface area contributed by atoms with Crippen molar-refractivity contribution in [3.05, 3.63) is 65.7 Å². The number of para-hydroxylation sites is 1. The molecule has 3 rings (SSSR count). The summed E-state index contributed by atoms with van der Waals surface area (Å²) in [6.45, 7) is 1.97. The van der Waals surface area contributed by atoms with Gasteiger partial charge in [0, 0.05) is 5.39 Å². The molecule has 0 bridgehead atoms. The highest BCUT2D eigenvalue weighted by Crippen LogP contribution is 2.28. The smallest absolute Gasteiger partial charge is 0.343 e. The quantitative estimate of drug-likeness (QED) is 0.606. The standard InChI is InChI=1S/C21H20N2O5/c1-2-27-21(26)16-12-14-5-3-4-6-18(14)23-19(16)28-15-9-7-13(8-10-15)11-17(22)20(24)25/h3-10,12,17H,2,11,22H2,1H3,(H,24,25). The Hall–Kier alpha value is -3.45.